The summed E-state index contributed by atoms with van der Waals surface area (Å²) in [6.07, 6.45) is 7.26. The molecule has 2 rings (SSSR count). The molecule has 0 aliphatic heterocycles. The van der Waals surface area contributed by atoms with Crippen molar-refractivity contribution in [3.63, 3.8) is 0 Å². The molecule has 0 saturated carbocycles. The molecule has 0 fully saturated rings. The molecule has 0 aromatic heterocycles. The maximum Gasteiger partial charge on any atom is 0.311 e. The van der Waals surface area contributed by atoms with Gasteiger partial charge in [0.1, 0.15) is 5.75 Å². The maximum atomic E-state index is 12.0. The number of hydrogen-bond acceptors (Lipinski definition) is 4. The third-order valence-electron chi connectivity index (χ3n) is 4.32. The van der Waals surface area contributed by atoms with Crippen LogP contribution in [0.3, 0.4) is 0 Å². The van der Waals surface area contributed by atoms with Gasteiger partial charge in [0.05, 0.1) is 13.5 Å². The molecule has 0 spiro atoms. The molecule has 1 aromatic rings. The molecule has 136 valence electrons. The molecule has 0 heterocycles. The van der Waals surface area contributed by atoms with Gasteiger partial charge in [-0.05, 0) is 56.7 Å². The van der Waals surface area contributed by atoms with Crippen molar-refractivity contribution in [2.24, 2.45) is 0 Å². The zero-order chi connectivity index (χ0) is 18.1. The van der Waals surface area contributed by atoms with Gasteiger partial charge in [0, 0.05) is 6.54 Å². The number of hydrogen-bond donors (Lipinski definition) is 1. The van der Waals surface area contributed by atoms with Crippen LogP contribution in [0.2, 0.25) is 0 Å². The van der Waals surface area contributed by atoms with Crippen LogP contribution in [0.1, 0.15) is 44.6 Å². The van der Waals surface area contributed by atoms with Crippen LogP contribution in [-0.4, -0.2) is 31.6 Å². The molecule has 1 aliphatic rings. The molecule has 1 aromatic carbocycles. The topological polar surface area (TPSA) is 64.6 Å². The summed E-state index contributed by atoms with van der Waals surface area (Å²) in [5, 5.41) is 2.84. The second kappa shape index (κ2) is 9.87. The average molecular weight is 345 g/mol. The van der Waals surface area contributed by atoms with Crippen LogP contribution in [0, 0.1) is 0 Å². The second-order valence-electron chi connectivity index (χ2n) is 6.31. The summed E-state index contributed by atoms with van der Waals surface area (Å²) in [7, 11) is 1.59. The average Bonchev–Trinajstić information content (AvgIpc) is 2.63. The van der Waals surface area contributed by atoms with Crippen molar-refractivity contribution in [3.05, 3.63) is 41.5 Å². The van der Waals surface area contributed by atoms with E-state index in [0.717, 1.165) is 30.6 Å². The Balaban J connectivity index is 1.69. The number of carbonyl (C=O) groups is 2. The van der Waals surface area contributed by atoms with Gasteiger partial charge in [-0.1, -0.05) is 23.8 Å². The van der Waals surface area contributed by atoms with Gasteiger partial charge in [-0.25, -0.2) is 0 Å². The minimum atomic E-state index is -0.786. The Bertz CT molecular complexity index is 607. The quantitative estimate of drug-likeness (QED) is 0.580. The molecule has 5 nitrogen and oxygen atoms in total. The largest absolute Gasteiger partial charge is 0.497 e. The Kier molecular flexibility index (Phi) is 7.51. The molecule has 0 bridgehead atoms. The normalized spacial score (nSPS) is 15.0. The number of allylic oxidation sites excluding steroid dienone is 1. The Labute approximate surface area is 149 Å². The summed E-state index contributed by atoms with van der Waals surface area (Å²) < 4.78 is 10.3. The van der Waals surface area contributed by atoms with E-state index in [-0.39, 0.29) is 12.3 Å². The highest BCUT2D eigenvalue weighted by Gasteiger charge is 2.17. The predicted molar refractivity (Wildman–Crippen MR) is 96.4 cm³/mol. The zero-order valence-electron chi connectivity index (χ0n) is 15.0. The first-order valence-electron chi connectivity index (χ1n) is 8.86. The van der Waals surface area contributed by atoms with E-state index >= 15 is 0 Å². The van der Waals surface area contributed by atoms with E-state index in [1.165, 1.54) is 18.4 Å². The Hall–Kier alpha value is -2.30. The van der Waals surface area contributed by atoms with Gasteiger partial charge in [0.15, 0.2) is 6.10 Å². The first-order valence-corrected chi connectivity index (χ1v) is 8.86. The van der Waals surface area contributed by atoms with Crippen LogP contribution >= 0.6 is 0 Å². The van der Waals surface area contributed by atoms with Gasteiger partial charge < -0.3 is 14.8 Å². The zero-order valence-corrected chi connectivity index (χ0v) is 15.0. The summed E-state index contributed by atoms with van der Waals surface area (Å²) in [4.78, 5) is 24.0. The lowest BCUT2D eigenvalue weighted by Crippen LogP contribution is -2.36. The van der Waals surface area contributed by atoms with E-state index in [2.05, 4.69) is 11.4 Å². The van der Waals surface area contributed by atoms with E-state index < -0.39 is 12.1 Å². The first-order chi connectivity index (χ1) is 12.1. The molecule has 0 unspecified atom stereocenters. The summed E-state index contributed by atoms with van der Waals surface area (Å²) in [5.41, 5.74) is 2.23. The van der Waals surface area contributed by atoms with Crippen molar-refractivity contribution in [1.82, 2.24) is 5.32 Å². The molecule has 0 saturated heterocycles. The molecule has 0 radical (unpaired) electrons. The van der Waals surface area contributed by atoms with Crippen molar-refractivity contribution in [2.75, 3.05) is 13.7 Å². The summed E-state index contributed by atoms with van der Waals surface area (Å²) in [5.74, 6) is 0.0697. The monoisotopic (exact) mass is 345 g/mol. The van der Waals surface area contributed by atoms with E-state index in [9.17, 15) is 9.59 Å². The smallest absolute Gasteiger partial charge is 0.311 e. The number of esters is 1. The number of benzene rings is 1. The standard InChI is InChI=1S/C20H27NO4/c1-15(20(23)21-13-12-16-6-4-3-5-7-16)25-19(22)14-17-8-10-18(24-2)11-9-17/h6,8-11,15H,3-5,7,12-14H2,1-2H3,(H,21,23)/t15-/m1/s1. The van der Waals surface area contributed by atoms with Gasteiger partial charge in [-0.2, -0.15) is 0 Å². The van der Waals surface area contributed by atoms with Crippen LogP contribution < -0.4 is 10.1 Å². The predicted octanol–water partition coefficient (Wildman–Crippen LogP) is 3.18. The van der Waals surface area contributed by atoms with Gasteiger partial charge in [-0.3, -0.25) is 9.59 Å². The molecule has 1 amide bonds. The number of amides is 1. The Morgan fingerprint density at radius 3 is 2.60 bits per heavy atom. The fraction of sp³-hybridized carbons (Fsp3) is 0.500. The minimum Gasteiger partial charge on any atom is -0.497 e. The number of nitrogens with one attached hydrogen (secondary N) is 1. The van der Waals surface area contributed by atoms with Crippen LogP contribution in [0.15, 0.2) is 35.9 Å². The van der Waals surface area contributed by atoms with Crippen molar-refractivity contribution in [1.29, 1.82) is 0 Å². The van der Waals surface area contributed by atoms with E-state index in [0.29, 0.717) is 6.54 Å². The number of rotatable bonds is 8. The molecule has 1 N–H and O–H groups in total. The highest BCUT2D eigenvalue weighted by atomic mass is 16.5. The summed E-state index contributed by atoms with van der Waals surface area (Å²) in [6.45, 7) is 2.19. The third-order valence-corrected chi connectivity index (χ3v) is 4.32. The molecule has 25 heavy (non-hydrogen) atoms. The van der Waals surface area contributed by atoms with Gasteiger partial charge in [0.2, 0.25) is 0 Å². The maximum absolute atomic E-state index is 12.0. The number of carbonyl (C=O) groups excluding carboxylic acids is 2. The van der Waals surface area contributed by atoms with Gasteiger partial charge >= 0.3 is 5.97 Å². The van der Waals surface area contributed by atoms with E-state index in [4.69, 9.17) is 9.47 Å². The second-order valence-corrected chi connectivity index (χ2v) is 6.31. The van der Waals surface area contributed by atoms with Gasteiger partial charge in [-0.15, -0.1) is 0 Å². The van der Waals surface area contributed by atoms with Crippen molar-refractivity contribution < 1.29 is 19.1 Å². The molecular formula is C20H27NO4. The van der Waals surface area contributed by atoms with Crippen molar-refractivity contribution in [2.45, 2.75) is 51.6 Å². The van der Waals surface area contributed by atoms with E-state index in [1.807, 2.05) is 12.1 Å². The minimum absolute atomic E-state index is 0.133. The highest BCUT2D eigenvalue weighted by Crippen LogP contribution is 2.19. The molecular weight excluding hydrogens is 318 g/mol. The third kappa shape index (κ3) is 6.61. The fourth-order valence-electron chi connectivity index (χ4n) is 2.82. The molecule has 1 aliphatic carbocycles. The lowest BCUT2D eigenvalue weighted by atomic mass is 9.97. The number of ether oxygens (including phenoxy) is 2. The van der Waals surface area contributed by atoms with Crippen molar-refractivity contribution in [3.8, 4) is 5.75 Å². The fourth-order valence-corrected chi connectivity index (χ4v) is 2.82. The summed E-state index contributed by atoms with van der Waals surface area (Å²) in [6, 6.07) is 7.20. The first kappa shape index (κ1) is 19.0. The summed E-state index contributed by atoms with van der Waals surface area (Å²) >= 11 is 0. The van der Waals surface area contributed by atoms with Crippen LogP contribution in [0.5, 0.6) is 5.75 Å². The van der Waals surface area contributed by atoms with E-state index in [1.54, 1.807) is 26.2 Å². The Morgan fingerprint density at radius 2 is 1.96 bits per heavy atom. The molecule has 1 atom stereocenters. The molecule has 5 heteroatoms. The van der Waals surface area contributed by atoms with Crippen LogP contribution in [0.25, 0.3) is 0 Å². The van der Waals surface area contributed by atoms with Gasteiger partial charge in [0.25, 0.3) is 5.91 Å². The lowest BCUT2D eigenvalue weighted by molar-refractivity contribution is -0.154. The highest BCUT2D eigenvalue weighted by molar-refractivity contribution is 5.83. The van der Waals surface area contributed by atoms with Crippen LogP contribution in [-0.2, 0) is 20.7 Å². The lowest BCUT2D eigenvalue weighted by Gasteiger charge is -2.15. The number of methoxy groups -OCH3 is 1. The van der Waals surface area contributed by atoms with Crippen LogP contribution in [0.4, 0.5) is 0 Å². The van der Waals surface area contributed by atoms with Crippen molar-refractivity contribution >= 4 is 11.9 Å². The Morgan fingerprint density at radius 1 is 1.20 bits per heavy atom. The SMILES string of the molecule is COc1ccc(CC(=O)O[C@H](C)C(=O)NCCC2=CCCCC2)cc1.